The summed E-state index contributed by atoms with van der Waals surface area (Å²) in [5.74, 6) is 0.131. The van der Waals surface area contributed by atoms with Gasteiger partial charge in [0.25, 0.3) is 0 Å². The van der Waals surface area contributed by atoms with E-state index in [0.29, 0.717) is 0 Å². The molecule has 2 aliphatic heterocycles. The second kappa shape index (κ2) is 4.28. The van der Waals surface area contributed by atoms with Crippen molar-refractivity contribution in [3.8, 4) is 0 Å². The van der Waals surface area contributed by atoms with Gasteiger partial charge in [-0.1, -0.05) is 0 Å². The Kier molecular flexibility index (Phi) is 3.03. The van der Waals surface area contributed by atoms with Gasteiger partial charge in [0, 0.05) is 13.1 Å². The Labute approximate surface area is 85.0 Å². The maximum absolute atomic E-state index is 11.2. The van der Waals surface area contributed by atoms with Crippen LogP contribution in [0.4, 0.5) is 0 Å². The van der Waals surface area contributed by atoms with Gasteiger partial charge in [-0.25, -0.2) is 0 Å². The van der Waals surface area contributed by atoms with E-state index in [4.69, 9.17) is 5.73 Å². The summed E-state index contributed by atoms with van der Waals surface area (Å²) in [6, 6.07) is -0.207. The standard InChI is InChI=1S/C10H19N3O/c11-9-8-13(10(9)14)7-3-6-12-4-1-2-5-12/h9H,1-8,11H2. The van der Waals surface area contributed by atoms with Crippen LogP contribution < -0.4 is 5.73 Å². The number of amides is 1. The van der Waals surface area contributed by atoms with Gasteiger partial charge in [0.15, 0.2) is 0 Å². The number of likely N-dealkylation sites (tertiary alicyclic amines) is 2. The summed E-state index contributed by atoms with van der Waals surface area (Å²) in [4.78, 5) is 15.5. The summed E-state index contributed by atoms with van der Waals surface area (Å²) < 4.78 is 0. The molecule has 14 heavy (non-hydrogen) atoms. The predicted octanol–water partition coefficient (Wildman–Crippen LogP) is -0.358. The minimum absolute atomic E-state index is 0.131. The molecule has 0 bridgehead atoms. The Morgan fingerprint density at radius 2 is 2.00 bits per heavy atom. The van der Waals surface area contributed by atoms with Crippen LogP contribution >= 0.6 is 0 Å². The molecule has 2 saturated heterocycles. The van der Waals surface area contributed by atoms with Gasteiger partial charge < -0.3 is 15.5 Å². The van der Waals surface area contributed by atoms with E-state index in [9.17, 15) is 4.79 Å². The number of rotatable bonds is 4. The van der Waals surface area contributed by atoms with Crippen LogP contribution in [0.5, 0.6) is 0 Å². The predicted molar refractivity (Wildman–Crippen MR) is 54.8 cm³/mol. The van der Waals surface area contributed by atoms with Gasteiger partial charge in [0.2, 0.25) is 5.91 Å². The molecule has 2 fully saturated rings. The van der Waals surface area contributed by atoms with Crippen LogP contribution in [0.15, 0.2) is 0 Å². The van der Waals surface area contributed by atoms with Crippen molar-refractivity contribution in [2.75, 3.05) is 32.7 Å². The van der Waals surface area contributed by atoms with Gasteiger partial charge in [-0.15, -0.1) is 0 Å². The van der Waals surface area contributed by atoms with E-state index in [0.717, 1.165) is 26.1 Å². The lowest BCUT2D eigenvalue weighted by atomic mass is 10.1. The molecule has 0 aliphatic carbocycles. The summed E-state index contributed by atoms with van der Waals surface area (Å²) in [5, 5.41) is 0. The first-order valence-electron chi connectivity index (χ1n) is 5.54. The van der Waals surface area contributed by atoms with E-state index in [-0.39, 0.29) is 11.9 Å². The number of carbonyl (C=O) groups is 1. The van der Waals surface area contributed by atoms with Gasteiger partial charge in [-0.3, -0.25) is 4.79 Å². The van der Waals surface area contributed by atoms with Crippen LogP contribution in [0.1, 0.15) is 19.3 Å². The third-order valence-electron chi connectivity index (χ3n) is 3.15. The van der Waals surface area contributed by atoms with Gasteiger partial charge in [-0.05, 0) is 38.9 Å². The summed E-state index contributed by atoms with van der Waals surface area (Å²) in [6.45, 7) is 5.28. The fourth-order valence-electron chi connectivity index (χ4n) is 2.22. The second-order valence-corrected chi connectivity index (χ2v) is 4.29. The van der Waals surface area contributed by atoms with Crippen molar-refractivity contribution in [1.29, 1.82) is 0 Å². The minimum atomic E-state index is -0.207. The lowest BCUT2D eigenvalue weighted by Crippen LogP contribution is -2.61. The summed E-state index contributed by atoms with van der Waals surface area (Å²) in [5.41, 5.74) is 5.50. The Morgan fingerprint density at radius 1 is 1.29 bits per heavy atom. The van der Waals surface area contributed by atoms with Crippen LogP contribution in [0.25, 0.3) is 0 Å². The fourth-order valence-corrected chi connectivity index (χ4v) is 2.22. The third-order valence-corrected chi connectivity index (χ3v) is 3.15. The van der Waals surface area contributed by atoms with E-state index < -0.39 is 0 Å². The molecule has 2 aliphatic rings. The number of nitrogens with zero attached hydrogens (tertiary/aromatic N) is 2. The van der Waals surface area contributed by atoms with Crippen molar-refractivity contribution in [2.45, 2.75) is 25.3 Å². The number of nitrogens with two attached hydrogens (primary N) is 1. The molecule has 1 unspecified atom stereocenters. The van der Waals surface area contributed by atoms with E-state index in [1.165, 1.54) is 25.9 Å². The Bertz CT molecular complexity index is 213. The zero-order valence-electron chi connectivity index (χ0n) is 8.61. The molecule has 0 aromatic rings. The summed E-state index contributed by atoms with van der Waals surface area (Å²) in [7, 11) is 0. The van der Waals surface area contributed by atoms with Crippen molar-refractivity contribution in [3.63, 3.8) is 0 Å². The molecule has 0 aromatic carbocycles. The van der Waals surface area contributed by atoms with Crippen LogP contribution in [0, 0.1) is 0 Å². The minimum Gasteiger partial charge on any atom is -0.339 e. The largest absolute Gasteiger partial charge is 0.339 e. The normalized spacial score (nSPS) is 28.2. The Balaban J connectivity index is 1.57. The molecule has 2 heterocycles. The SMILES string of the molecule is NC1CN(CCCN2CCCC2)C1=O. The van der Waals surface area contributed by atoms with E-state index in [1.807, 2.05) is 4.90 Å². The lowest BCUT2D eigenvalue weighted by Gasteiger charge is -2.36. The van der Waals surface area contributed by atoms with Gasteiger partial charge >= 0.3 is 0 Å². The molecular weight excluding hydrogens is 178 g/mol. The van der Waals surface area contributed by atoms with Crippen molar-refractivity contribution < 1.29 is 4.79 Å². The Morgan fingerprint density at radius 3 is 2.57 bits per heavy atom. The number of carbonyl (C=O) groups excluding carboxylic acids is 1. The topological polar surface area (TPSA) is 49.6 Å². The third kappa shape index (κ3) is 2.07. The highest BCUT2D eigenvalue weighted by Crippen LogP contribution is 2.10. The quantitative estimate of drug-likeness (QED) is 0.626. The zero-order chi connectivity index (χ0) is 9.97. The molecule has 4 heteroatoms. The van der Waals surface area contributed by atoms with E-state index in [2.05, 4.69) is 4.90 Å². The molecule has 1 amide bonds. The monoisotopic (exact) mass is 197 g/mol. The van der Waals surface area contributed by atoms with Crippen LogP contribution in [0.2, 0.25) is 0 Å². The second-order valence-electron chi connectivity index (χ2n) is 4.29. The maximum Gasteiger partial charge on any atom is 0.241 e. The highest BCUT2D eigenvalue weighted by molar-refractivity contribution is 5.87. The first kappa shape index (κ1) is 9.93. The summed E-state index contributed by atoms with van der Waals surface area (Å²) in [6.07, 6.45) is 3.78. The zero-order valence-corrected chi connectivity index (χ0v) is 8.61. The van der Waals surface area contributed by atoms with Crippen molar-refractivity contribution in [3.05, 3.63) is 0 Å². The molecular formula is C10H19N3O. The number of hydrogen-bond acceptors (Lipinski definition) is 3. The maximum atomic E-state index is 11.2. The molecule has 80 valence electrons. The van der Waals surface area contributed by atoms with Gasteiger partial charge in [0.05, 0.1) is 0 Å². The van der Waals surface area contributed by atoms with Crippen molar-refractivity contribution >= 4 is 5.91 Å². The van der Waals surface area contributed by atoms with Crippen molar-refractivity contribution in [2.24, 2.45) is 5.73 Å². The van der Waals surface area contributed by atoms with Crippen LogP contribution in [0.3, 0.4) is 0 Å². The molecule has 2 N–H and O–H groups in total. The fraction of sp³-hybridized carbons (Fsp3) is 0.900. The highest BCUT2D eigenvalue weighted by Gasteiger charge is 2.32. The average Bonchev–Trinajstić information content (AvgIpc) is 2.69. The van der Waals surface area contributed by atoms with Gasteiger partial charge in [-0.2, -0.15) is 0 Å². The molecule has 2 rings (SSSR count). The van der Waals surface area contributed by atoms with Crippen molar-refractivity contribution in [1.82, 2.24) is 9.80 Å². The Hall–Kier alpha value is -0.610. The highest BCUT2D eigenvalue weighted by atomic mass is 16.2. The number of hydrogen-bond donors (Lipinski definition) is 1. The van der Waals surface area contributed by atoms with Crippen LogP contribution in [-0.2, 0) is 4.79 Å². The molecule has 1 atom stereocenters. The van der Waals surface area contributed by atoms with Crippen LogP contribution in [-0.4, -0.2) is 54.5 Å². The molecule has 0 spiro atoms. The average molecular weight is 197 g/mol. The lowest BCUT2D eigenvalue weighted by molar-refractivity contribution is -0.142. The molecule has 0 radical (unpaired) electrons. The first-order chi connectivity index (χ1) is 6.77. The molecule has 0 aromatic heterocycles. The summed E-state index contributed by atoms with van der Waals surface area (Å²) >= 11 is 0. The number of β-lactam (4-membered cyclic amide) rings is 1. The first-order valence-corrected chi connectivity index (χ1v) is 5.54. The van der Waals surface area contributed by atoms with E-state index in [1.54, 1.807) is 0 Å². The molecule has 4 nitrogen and oxygen atoms in total. The molecule has 0 saturated carbocycles. The van der Waals surface area contributed by atoms with E-state index >= 15 is 0 Å². The van der Waals surface area contributed by atoms with Gasteiger partial charge in [0.1, 0.15) is 6.04 Å². The smallest absolute Gasteiger partial charge is 0.241 e.